The fourth-order valence-corrected chi connectivity index (χ4v) is 0.252. The minimum absolute atomic E-state index is 0.167. The van der Waals surface area contributed by atoms with Crippen molar-refractivity contribution in [1.82, 2.24) is 5.32 Å². The molecule has 0 spiro atoms. The number of carbonyl (C=O) groups excluding carboxylic acids is 2. The second kappa shape index (κ2) is 18.8. The molecule has 5 N–H and O–H groups in total. The number of hydrogen-bond donors (Lipinski definition) is 4. The van der Waals surface area contributed by atoms with E-state index in [1.807, 2.05) is 0 Å². The van der Waals surface area contributed by atoms with Crippen LogP contribution in [0, 0.1) is 22.7 Å². The Hall–Kier alpha value is -0.900. The Labute approximate surface area is 93.5 Å². The van der Waals surface area contributed by atoms with E-state index in [9.17, 15) is 9.59 Å². The fourth-order valence-electron chi connectivity index (χ4n) is 0.252. The monoisotopic (exact) mass is 264 g/mol. The molecule has 0 rings (SSSR count). The second-order valence-corrected chi connectivity index (χ2v) is 1.78. The van der Waals surface area contributed by atoms with Crippen LogP contribution in [0.1, 0.15) is 0 Å². The highest BCUT2D eigenvalue weighted by Crippen LogP contribution is 1.62. The summed E-state index contributed by atoms with van der Waals surface area (Å²) in [6.07, 6.45) is 1.46. The van der Waals surface area contributed by atoms with E-state index >= 15 is 0 Å². The van der Waals surface area contributed by atoms with Crippen LogP contribution in [-0.4, -0.2) is 27.7 Å². The van der Waals surface area contributed by atoms with E-state index in [4.69, 9.17) is 18.6 Å². The predicted octanol–water partition coefficient (Wildman–Crippen LogP) is -4.72. The fraction of sp³-hybridized carbons (Fsp3) is 0.200. The van der Waals surface area contributed by atoms with E-state index in [1.54, 1.807) is 0 Å². The van der Waals surface area contributed by atoms with E-state index < -0.39 is 11.8 Å². The molecule has 0 aliphatic rings. The molecule has 0 aromatic carbocycles. The molecule has 2 amide bonds. The van der Waals surface area contributed by atoms with Gasteiger partial charge in [0, 0.05) is 6.54 Å². The van der Waals surface area contributed by atoms with Crippen LogP contribution in [-0.2, 0) is 9.59 Å². The Morgan fingerprint density at radius 1 is 1.40 bits per heavy atom. The molecule has 0 aromatic heterocycles. The van der Waals surface area contributed by atoms with E-state index in [-0.39, 0.29) is 29.2 Å². The van der Waals surface area contributed by atoms with Crippen LogP contribution >= 0.6 is 0 Å². The predicted molar refractivity (Wildman–Crippen MR) is 36.8 cm³/mol. The summed E-state index contributed by atoms with van der Waals surface area (Å²) in [5, 5.41) is 2.20. The highest BCUT2D eigenvalue weighted by Gasteiger charge is 2.04. The second-order valence-electron chi connectivity index (χ2n) is 1.50. The highest BCUT2D eigenvalue weighted by molar-refractivity contribution is 6.34. The van der Waals surface area contributed by atoms with E-state index in [1.165, 1.54) is 6.08 Å². The van der Waals surface area contributed by atoms with Gasteiger partial charge < -0.3 is 20.4 Å². The van der Waals surface area contributed by atoms with Gasteiger partial charge in [-0.3, -0.25) is 9.59 Å². The summed E-state index contributed by atoms with van der Waals surface area (Å²) in [5.74, 6) is -1.76. The largest absolute Gasteiger partial charge is 0.506 e. The van der Waals surface area contributed by atoms with Crippen LogP contribution in [0.15, 0.2) is 12.7 Å². The first-order valence-corrected chi connectivity index (χ1v) is 4.31. The van der Waals surface area contributed by atoms with E-state index in [2.05, 4.69) is 17.6 Å². The Balaban J connectivity index is -0.000000200. The third-order valence-corrected chi connectivity index (χ3v) is 0.631. The maximum Gasteiger partial charge on any atom is 0.327 e. The lowest BCUT2D eigenvalue weighted by atomic mass is 10.5. The van der Waals surface area contributed by atoms with Crippen molar-refractivity contribution in [3.8, 4) is 0 Å². The van der Waals surface area contributed by atoms with Crippen LogP contribution in [0.25, 0.3) is 0 Å². The van der Waals surface area contributed by atoms with Gasteiger partial charge in [-0.25, -0.2) is 0 Å². The molecule has 10 heteroatoms. The molecule has 0 aliphatic heterocycles. The number of nitrogens with one attached hydrogen (secondary N) is 1. The number of amides is 2. The quantitative estimate of drug-likeness (QED) is 0.290. The first-order chi connectivity index (χ1) is 7.01. The van der Waals surface area contributed by atoms with Crippen molar-refractivity contribution in [3.05, 3.63) is 12.7 Å². The molecule has 0 atom stereocenters. The first kappa shape index (κ1) is 19.6. The van der Waals surface area contributed by atoms with Crippen molar-refractivity contribution < 1.29 is 50.9 Å². The first-order valence-electron chi connectivity index (χ1n) is 3.01. The maximum absolute atomic E-state index is 10.3. The average molecular weight is 265 g/mol. The van der Waals surface area contributed by atoms with Crippen LogP contribution in [0.5, 0.6) is 0 Å². The van der Waals surface area contributed by atoms with Crippen molar-refractivity contribution in [2.24, 2.45) is 5.73 Å². The molecule has 0 saturated heterocycles. The average Bonchev–Trinajstić information content (AvgIpc) is 2.16. The molecule has 90 valence electrons. The van der Waals surface area contributed by atoms with Crippen molar-refractivity contribution in [1.29, 1.82) is 0 Å². The number of halogens is 2. The number of rotatable bonds is 2. The number of hydrogen-bond acceptors (Lipinski definition) is 6. The summed E-state index contributed by atoms with van der Waals surface area (Å²) >= 11 is -0.333. The van der Waals surface area contributed by atoms with Crippen LogP contribution < -0.4 is 20.4 Å². The lowest BCUT2D eigenvalue weighted by Gasteiger charge is -1.93. The Morgan fingerprint density at radius 3 is 1.93 bits per heavy atom. The topological polar surface area (TPSA) is 159 Å². The van der Waals surface area contributed by atoms with Gasteiger partial charge in [0.15, 0.2) is 0 Å². The van der Waals surface area contributed by atoms with Crippen LogP contribution in [0.4, 0.5) is 0 Å². The van der Waals surface area contributed by atoms with Gasteiger partial charge in [0.25, 0.3) is 0 Å². The van der Waals surface area contributed by atoms with Crippen molar-refractivity contribution in [2.75, 3.05) is 6.54 Å². The molecular weight excluding hydrogens is 255 g/mol. The highest BCUT2D eigenvalue weighted by atomic mass is 35.6. The van der Waals surface area contributed by atoms with Crippen molar-refractivity contribution in [3.63, 3.8) is 0 Å². The van der Waals surface area contributed by atoms with Gasteiger partial charge >= 0.3 is 34.5 Å². The molecule has 0 aromatic rings. The minimum Gasteiger partial charge on any atom is -0.506 e. The van der Waals surface area contributed by atoms with Gasteiger partial charge in [0.2, 0.25) is 0 Å². The SMILES string of the molecule is C=CCNC(=O)C(N)=O.[O-][Cl+]O.[O-][Cl+]O. The zero-order chi connectivity index (χ0) is 12.7. The molecule has 15 heavy (non-hydrogen) atoms. The molecule has 0 unspecified atom stereocenters. The molecule has 0 aliphatic carbocycles. The molecule has 0 fully saturated rings. The Kier molecular flexibility index (Phi) is 24.6. The molecule has 0 heterocycles. The zero-order valence-corrected chi connectivity index (χ0v) is 8.86. The number of primary amides is 1. The van der Waals surface area contributed by atoms with Gasteiger partial charge in [-0.2, -0.15) is 0 Å². The molecule has 0 bridgehead atoms. The lowest BCUT2D eigenvalue weighted by Crippen LogP contribution is -2.35. The van der Waals surface area contributed by atoms with Crippen molar-refractivity contribution in [2.45, 2.75) is 0 Å². The third kappa shape index (κ3) is 32.0. The molecule has 0 saturated carbocycles. The third-order valence-electron chi connectivity index (χ3n) is 0.631. The standard InChI is InChI=1S/C5H8N2O2.2ClHO2/c1-2-3-7-5(9)4(6)8;2*2-1-3/h2H,1,3H2,(H2,6,8)(H,7,9);2*2H. The zero-order valence-electron chi connectivity index (χ0n) is 7.35. The van der Waals surface area contributed by atoms with Gasteiger partial charge in [-0.1, -0.05) is 6.08 Å². The van der Waals surface area contributed by atoms with Crippen molar-refractivity contribution >= 4 is 11.8 Å². The molecule has 8 nitrogen and oxygen atoms in total. The smallest absolute Gasteiger partial charge is 0.327 e. The maximum atomic E-state index is 10.3. The Bertz CT molecular complexity index is 177. The summed E-state index contributed by atoms with van der Waals surface area (Å²) in [6.45, 7) is 3.59. The van der Waals surface area contributed by atoms with Gasteiger partial charge in [0.05, 0.1) is 0 Å². The number of carbonyl (C=O) groups is 2. The van der Waals surface area contributed by atoms with E-state index in [0.717, 1.165) is 0 Å². The summed E-state index contributed by atoms with van der Waals surface area (Å²) in [5.41, 5.74) is 4.59. The van der Waals surface area contributed by atoms with Gasteiger partial charge in [-0.15, -0.1) is 15.9 Å². The minimum atomic E-state index is -0.975. The van der Waals surface area contributed by atoms with Gasteiger partial charge in [-0.05, 0) is 0 Å². The summed E-state index contributed by atoms with van der Waals surface area (Å²) in [7, 11) is 0. The van der Waals surface area contributed by atoms with E-state index in [0.29, 0.717) is 0 Å². The summed E-state index contributed by atoms with van der Waals surface area (Å²) < 4.78 is 30.4. The van der Waals surface area contributed by atoms with Gasteiger partial charge in [0.1, 0.15) is 0 Å². The molecular formula is C5H10Cl2N2O6. The molecule has 0 radical (unpaired) electrons. The van der Waals surface area contributed by atoms with Crippen LogP contribution in [0.2, 0.25) is 0 Å². The normalized spacial score (nSPS) is 7.20. The summed E-state index contributed by atoms with van der Waals surface area (Å²) in [4.78, 5) is 20.2. The Morgan fingerprint density at radius 2 is 1.73 bits per heavy atom. The van der Waals surface area contributed by atoms with Crippen LogP contribution in [0.3, 0.4) is 0 Å². The number of nitrogens with two attached hydrogens (primary N) is 1. The summed E-state index contributed by atoms with van der Waals surface area (Å²) in [6, 6.07) is 0. The lowest BCUT2D eigenvalue weighted by molar-refractivity contribution is -1.27.